The first kappa shape index (κ1) is 21.9. The first-order valence-corrected chi connectivity index (χ1v) is 9.93. The van der Waals surface area contributed by atoms with Crippen molar-refractivity contribution >= 4 is 17.8 Å². The molecule has 1 N–H and O–H groups in total. The molecule has 2 rings (SSSR count). The lowest BCUT2D eigenvalue weighted by atomic mass is 9.87. The van der Waals surface area contributed by atoms with Crippen LogP contribution in [-0.4, -0.2) is 46.3 Å². The molecule has 1 fully saturated rings. The number of amides is 4. The summed E-state index contributed by atoms with van der Waals surface area (Å²) < 4.78 is 13.3. The van der Waals surface area contributed by atoms with Gasteiger partial charge >= 0.3 is 6.03 Å². The van der Waals surface area contributed by atoms with Gasteiger partial charge in [0.05, 0.1) is 0 Å². The van der Waals surface area contributed by atoms with Crippen LogP contribution in [0.3, 0.4) is 0 Å². The molecule has 1 aromatic carbocycles. The molecule has 1 aliphatic heterocycles. The SMILES string of the molecule is CC[C@@H](C)N(C(=O)CN1C(=O)N[C@](CC)(c2ccc(F)cc2)C1=O)[C@@H](C)CC. The number of carbonyl (C=O) groups excluding carboxylic acids is 3. The molecule has 1 saturated heterocycles. The number of urea groups is 1. The van der Waals surface area contributed by atoms with Gasteiger partial charge in [0.25, 0.3) is 5.91 Å². The average molecular weight is 391 g/mol. The zero-order chi connectivity index (χ0) is 21.1. The fourth-order valence-corrected chi connectivity index (χ4v) is 3.68. The van der Waals surface area contributed by atoms with Gasteiger partial charge < -0.3 is 10.2 Å². The van der Waals surface area contributed by atoms with Crippen molar-refractivity contribution in [2.45, 2.75) is 71.5 Å². The summed E-state index contributed by atoms with van der Waals surface area (Å²) in [4.78, 5) is 41.5. The molecular formula is C21H30FN3O3. The molecule has 0 bridgehead atoms. The number of imide groups is 1. The monoisotopic (exact) mass is 391 g/mol. The molecule has 0 unspecified atom stereocenters. The zero-order valence-electron chi connectivity index (χ0n) is 17.3. The fourth-order valence-electron chi connectivity index (χ4n) is 3.68. The predicted octanol–water partition coefficient (Wildman–Crippen LogP) is 3.41. The third-order valence-electron chi connectivity index (χ3n) is 5.76. The maximum Gasteiger partial charge on any atom is 0.325 e. The highest BCUT2D eigenvalue weighted by Gasteiger charge is 2.52. The van der Waals surface area contributed by atoms with E-state index in [2.05, 4.69) is 5.32 Å². The summed E-state index contributed by atoms with van der Waals surface area (Å²) in [6.45, 7) is 9.39. The molecule has 0 saturated carbocycles. The maximum absolute atomic E-state index is 13.3. The van der Waals surface area contributed by atoms with E-state index in [9.17, 15) is 18.8 Å². The van der Waals surface area contributed by atoms with Crippen LogP contribution in [0.25, 0.3) is 0 Å². The second kappa shape index (κ2) is 8.71. The van der Waals surface area contributed by atoms with Crippen LogP contribution in [0.4, 0.5) is 9.18 Å². The summed E-state index contributed by atoms with van der Waals surface area (Å²) in [6, 6.07) is 4.92. The van der Waals surface area contributed by atoms with Crippen molar-refractivity contribution < 1.29 is 18.8 Å². The third-order valence-corrected chi connectivity index (χ3v) is 5.76. The van der Waals surface area contributed by atoms with Crippen molar-refractivity contribution in [3.8, 4) is 0 Å². The Bertz CT molecular complexity index is 727. The van der Waals surface area contributed by atoms with Crippen molar-refractivity contribution in [2.24, 2.45) is 0 Å². The van der Waals surface area contributed by atoms with Gasteiger partial charge in [-0.1, -0.05) is 32.9 Å². The van der Waals surface area contributed by atoms with E-state index in [-0.39, 0.29) is 24.5 Å². The first-order chi connectivity index (χ1) is 13.2. The van der Waals surface area contributed by atoms with Crippen molar-refractivity contribution in [3.05, 3.63) is 35.6 Å². The van der Waals surface area contributed by atoms with E-state index >= 15 is 0 Å². The van der Waals surface area contributed by atoms with E-state index < -0.39 is 23.3 Å². The Kier molecular flexibility index (Phi) is 6.80. The van der Waals surface area contributed by atoms with Crippen molar-refractivity contribution in [1.29, 1.82) is 0 Å². The lowest BCUT2D eigenvalue weighted by molar-refractivity contribution is -0.142. The van der Waals surface area contributed by atoms with Crippen LogP contribution in [0.1, 0.15) is 59.4 Å². The van der Waals surface area contributed by atoms with E-state index in [0.29, 0.717) is 12.0 Å². The van der Waals surface area contributed by atoms with Crippen LogP contribution < -0.4 is 5.32 Å². The molecule has 4 amide bonds. The number of nitrogens with zero attached hydrogens (tertiary/aromatic N) is 2. The zero-order valence-corrected chi connectivity index (χ0v) is 17.3. The van der Waals surface area contributed by atoms with Crippen LogP contribution in [-0.2, 0) is 15.1 Å². The second-order valence-electron chi connectivity index (χ2n) is 7.40. The highest BCUT2D eigenvalue weighted by molar-refractivity contribution is 6.09. The number of hydrogen-bond donors (Lipinski definition) is 1. The van der Waals surface area contributed by atoms with Gasteiger partial charge in [0.2, 0.25) is 5.91 Å². The Morgan fingerprint density at radius 1 is 1.11 bits per heavy atom. The van der Waals surface area contributed by atoms with Gasteiger partial charge in [-0.2, -0.15) is 0 Å². The summed E-state index contributed by atoms with van der Waals surface area (Å²) in [5, 5.41) is 2.73. The van der Waals surface area contributed by atoms with Gasteiger partial charge in [-0.05, 0) is 50.8 Å². The molecular weight excluding hydrogens is 361 g/mol. The Hall–Kier alpha value is -2.44. The van der Waals surface area contributed by atoms with Crippen molar-refractivity contribution in [3.63, 3.8) is 0 Å². The molecule has 3 atom stereocenters. The number of hydrogen-bond acceptors (Lipinski definition) is 3. The van der Waals surface area contributed by atoms with Crippen LogP contribution >= 0.6 is 0 Å². The number of rotatable bonds is 8. The molecule has 7 heteroatoms. The maximum atomic E-state index is 13.3. The molecule has 0 radical (unpaired) electrons. The minimum Gasteiger partial charge on any atom is -0.336 e. The first-order valence-electron chi connectivity index (χ1n) is 9.93. The Balaban J connectivity index is 2.29. The summed E-state index contributed by atoms with van der Waals surface area (Å²) >= 11 is 0. The van der Waals surface area contributed by atoms with E-state index in [1.807, 2.05) is 27.7 Å². The van der Waals surface area contributed by atoms with Gasteiger partial charge in [0.15, 0.2) is 0 Å². The Labute approximate surface area is 166 Å². The molecule has 0 spiro atoms. The molecule has 6 nitrogen and oxygen atoms in total. The minimum absolute atomic E-state index is 0.0104. The Morgan fingerprint density at radius 2 is 1.64 bits per heavy atom. The molecule has 1 aromatic rings. The van der Waals surface area contributed by atoms with Gasteiger partial charge in [-0.3, -0.25) is 14.5 Å². The van der Waals surface area contributed by atoms with E-state index in [1.165, 1.54) is 24.3 Å². The minimum atomic E-state index is -1.28. The van der Waals surface area contributed by atoms with Crippen molar-refractivity contribution in [1.82, 2.24) is 15.1 Å². The number of nitrogens with one attached hydrogen (secondary N) is 1. The van der Waals surface area contributed by atoms with Crippen LogP contribution in [0.5, 0.6) is 0 Å². The van der Waals surface area contributed by atoms with Crippen molar-refractivity contribution in [2.75, 3.05) is 6.54 Å². The average Bonchev–Trinajstić information content (AvgIpc) is 2.93. The van der Waals surface area contributed by atoms with E-state index in [4.69, 9.17) is 0 Å². The summed E-state index contributed by atoms with van der Waals surface area (Å²) in [6.07, 6.45) is 1.86. The third kappa shape index (κ3) is 3.88. The summed E-state index contributed by atoms with van der Waals surface area (Å²) in [5.74, 6) is -1.15. The molecule has 0 aromatic heterocycles. The van der Waals surface area contributed by atoms with Gasteiger partial charge in [0.1, 0.15) is 17.9 Å². The normalized spacial score (nSPS) is 21.4. The van der Waals surface area contributed by atoms with Crippen LogP contribution in [0, 0.1) is 5.82 Å². The number of benzene rings is 1. The molecule has 1 aliphatic rings. The molecule has 154 valence electrons. The lowest BCUT2D eigenvalue weighted by Crippen LogP contribution is -2.50. The topological polar surface area (TPSA) is 69.7 Å². The quantitative estimate of drug-likeness (QED) is 0.691. The lowest BCUT2D eigenvalue weighted by Gasteiger charge is -2.35. The van der Waals surface area contributed by atoms with Gasteiger partial charge in [-0.15, -0.1) is 0 Å². The molecule has 0 aliphatic carbocycles. The summed E-state index contributed by atoms with van der Waals surface area (Å²) in [7, 11) is 0. The standard InChI is InChI=1S/C21H30FN3O3/c1-6-14(4)25(15(5)7-2)18(26)13-24-19(27)21(8-3,23-20(24)28)16-9-11-17(22)12-10-16/h9-12,14-15H,6-8,13H2,1-5H3,(H,23,28)/t14-,15+,21-/m1/s1. The van der Waals surface area contributed by atoms with Crippen LogP contribution in [0.2, 0.25) is 0 Å². The fraction of sp³-hybridized carbons (Fsp3) is 0.571. The largest absolute Gasteiger partial charge is 0.336 e. The Morgan fingerprint density at radius 3 is 2.11 bits per heavy atom. The molecule has 1 heterocycles. The molecule has 28 heavy (non-hydrogen) atoms. The highest BCUT2D eigenvalue weighted by Crippen LogP contribution is 2.32. The smallest absolute Gasteiger partial charge is 0.325 e. The second-order valence-corrected chi connectivity index (χ2v) is 7.40. The van der Waals surface area contributed by atoms with Crippen LogP contribution in [0.15, 0.2) is 24.3 Å². The number of halogens is 1. The predicted molar refractivity (Wildman–Crippen MR) is 105 cm³/mol. The van der Waals surface area contributed by atoms with Gasteiger partial charge in [-0.25, -0.2) is 9.18 Å². The summed E-state index contributed by atoms with van der Waals surface area (Å²) in [5.41, 5.74) is -0.770. The number of carbonyl (C=O) groups is 3. The van der Waals surface area contributed by atoms with E-state index in [1.54, 1.807) is 11.8 Å². The highest BCUT2D eigenvalue weighted by atomic mass is 19.1. The van der Waals surface area contributed by atoms with E-state index in [0.717, 1.165) is 17.7 Å². The van der Waals surface area contributed by atoms with Gasteiger partial charge in [0, 0.05) is 12.1 Å².